The van der Waals surface area contributed by atoms with E-state index in [2.05, 4.69) is 54.5 Å². The van der Waals surface area contributed by atoms with Crippen LogP contribution in [-0.4, -0.2) is 74.2 Å². The van der Waals surface area contributed by atoms with Crippen LogP contribution in [0.2, 0.25) is 0 Å². The number of nitriles is 1. The van der Waals surface area contributed by atoms with Gasteiger partial charge in [-0.15, -0.1) is 0 Å². The Hall–Kier alpha value is -3.97. The summed E-state index contributed by atoms with van der Waals surface area (Å²) < 4.78 is 2.08. The fourth-order valence-electron chi connectivity index (χ4n) is 5.08. The van der Waals surface area contributed by atoms with Gasteiger partial charge in [-0.1, -0.05) is 6.92 Å². The van der Waals surface area contributed by atoms with Gasteiger partial charge >= 0.3 is 0 Å². The fraction of sp³-hybridized carbons (Fsp3) is 0.444. The minimum absolute atomic E-state index is 0.0745. The van der Waals surface area contributed by atoms with Crippen LogP contribution in [0.4, 0.5) is 17.3 Å². The Morgan fingerprint density at radius 2 is 1.89 bits per heavy atom. The Morgan fingerprint density at radius 3 is 2.57 bits per heavy atom. The van der Waals surface area contributed by atoms with Crippen LogP contribution in [0.15, 0.2) is 43.0 Å². The molecule has 0 bridgehead atoms. The molecule has 5 rings (SSSR count). The number of amides is 1. The SMILES string of the molecule is CCN1CCC(n2cc(-c3cnc(Nc4ccc(C#N)c(N[C@@H]5CCN(C(C)=O)C5)c4)nc3)cn2)CC1. The van der Waals surface area contributed by atoms with Crippen molar-refractivity contribution in [3.8, 4) is 17.2 Å². The van der Waals surface area contributed by atoms with E-state index in [0.717, 1.165) is 67.9 Å². The molecule has 1 atom stereocenters. The van der Waals surface area contributed by atoms with Gasteiger partial charge in [-0.3, -0.25) is 9.48 Å². The smallest absolute Gasteiger partial charge is 0.227 e. The average molecular weight is 500 g/mol. The molecule has 1 aromatic carbocycles. The summed E-state index contributed by atoms with van der Waals surface area (Å²) in [6.07, 6.45) is 10.7. The van der Waals surface area contributed by atoms with Crippen molar-refractivity contribution in [1.82, 2.24) is 29.5 Å². The highest BCUT2D eigenvalue weighted by Gasteiger charge is 2.25. The van der Waals surface area contributed by atoms with Gasteiger partial charge in [0.15, 0.2) is 0 Å². The number of likely N-dealkylation sites (tertiary alicyclic amines) is 2. The average Bonchev–Trinajstić information content (AvgIpc) is 3.60. The number of carbonyl (C=O) groups excluding carboxylic acids is 1. The lowest BCUT2D eigenvalue weighted by atomic mass is 10.1. The number of nitrogens with one attached hydrogen (secondary N) is 2. The first-order valence-corrected chi connectivity index (χ1v) is 12.9. The summed E-state index contributed by atoms with van der Waals surface area (Å²) in [5.41, 5.74) is 3.99. The molecule has 0 saturated carbocycles. The van der Waals surface area contributed by atoms with Crippen molar-refractivity contribution in [2.45, 2.75) is 45.2 Å². The topological polar surface area (TPSA) is 115 Å². The number of rotatable bonds is 7. The lowest BCUT2D eigenvalue weighted by Crippen LogP contribution is -2.34. The highest BCUT2D eigenvalue weighted by Crippen LogP contribution is 2.27. The summed E-state index contributed by atoms with van der Waals surface area (Å²) >= 11 is 0. The molecule has 2 saturated heterocycles. The number of hydrogen-bond acceptors (Lipinski definition) is 8. The van der Waals surface area contributed by atoms with E-state index in [1.807, 2.05) is 23.2 Å². The van der Waals surface area contributed by atoms with E-state index in [9.17, 15) is 10.1 Å². The Balaban J connectivity index is 1.23. The van der Waals surface area contributed by atoms with Gasteiger partial charge < -0.3 is 20.4 Å². The number of hydrogen-bond donors (Lipinski definition) is 2. The third-order valence-corrected chi connectivity index (χ3v) is 7.35. The summed E-state index contributed by atoms with van der Waals surface area (Å²) in [6, 6.07) is 8.29. The zero-order valence-corrected chi connectivity index (χ0v) is 21.4. The molecule has 2 fully saturated rings. The van der Waals surface area contributed by atoms with Gasteiger partial charge in [0.05, 0.1) is 23.5 Å². The monoisotopic (exact) mass is 499 g/mol. The molecular formula is C27H33N9O. The van der Waals surface area contributed by atoms with Crippen molar-refractivity contribution < 1.29 is 4.79 Å². The molecule has 4 heterocycles. The molecule has 2 aliphatic rings. The molecular weight excluding hydrogens is 466 g/mol. The third-order valence-electron chi connectivity index (χ3n) is 7.35. The Bertz CT molecular complexity index is 1270. The first-order chi connectivity index (χ1) is 18.0. The number of anilines is 3. The number of carbonyl (C=O) groups is 1. The molecule has 192 valence electrons. The maximum atomic E-state index is 11.6. The number of benzene rings is 1. The van der Waals surface area contributed by atoms with Crippen LogP contribution in [0, 0.1) is 11.3 Å². The molecule has 1 amide bonds. The van der Waals surface area contributed by atoms with Gasteiger partial charge in [0.2, 0.25) is 11.9 Å². The van der Waals surface area contributed by atoms with E-state index in [-0.39, 0.29) is 11.9 Å². The van der Waals surface area contributed by atoms with E-state index in [0.29, 0.717) is 24.1 Å². The van der Waals surface area contributed by atoms with Crippen LogP contribution in [0.3, 0.4) is 0 Å². The molecule has 0 radical (unpaired) electrons. The highest BCUT2D eigenvalue weighted by atomic mass is 16.2. The van der Waals surface area contributed by atoms with Crippen molar-refractivity contribution in [3.63, 3.8) is 0 Å². The van der Waals surface area contributed by atoms with E-state index in [1.165, 1.54) is 0 Å². The Labute approximate surface area is 217 Å². The maximum Gasteiger partial charge on any atom is 0.227 e. The van der Waals surface area contributed by atoms with Crippen LogP contribution in [-0.2, 0) is 4.79 Å². The molecule has 10 nitrogen and oxygen atoms in total. The fourth-order valence-corrected chi connectivity index (χ4v) is 5.08. The lowest BCUT2D eigenvalue weighted by Gasteiger charge is -2.31. The number of piperidine rings is 1. The molecule has 10 heteroatoms. The largest absolute Gasteiger partial charge is 0.379 e. The van der Waals surface area contributed by atoms with Crippen molar-refractivity contribution in [2.75, 3.05) is 43.4 Å². The predicted octanol–water partition coefficient (Wildman–Crippen LogP) is 3.64. The predicted molar refractivity (Wildman–Crippen MR) is 142 cm³/mol. The zero-order chi connectivity index (χ0) is 25.8. The van der Waals surface area contributed by atoms with Gasteiger partial charge in [-0.25, -0.2) is 9.97 Å². The first-order valence-electron chi connectivity index (χ1n) is 12.9. The Kier molecular flexibility index (Phi) is 7.32. The zero-order valence-electron chi connectivity index (χ0n) is 21.4. The summed E-state index contributed by atoms with van der Waals surface area (Å²) in [7, 11) is 0. The molecule has 0 unspecified atom stereocenters. The summed E-state index contributed by atoms with van der Waals surface area (Å²) in [4.78, 5) is 25.0. The van der Waals surface area contributed by atoms with Crippen molar-refractivity contribution in [1.29, 1.82) is 5.26 Å². The van der Waals surface area contributed by atoms with E-state index < -0.39 is 0 Å². The van der Waals surface area contributed by atoms with Crippen molar-refractivity contribution in [2.24, 2.45) is 0 Å². The molecule has 3 aromatic rings. The third kappa shape index (κ3) is 5.73. The van der Waals surface area contributed by atoms with Gasteiger partial charge in [0.25, 0.3) is 0 Å². The van der Waals surface area contributed by atoms with Gasteiger partial charge in [-0.2, -0.15) is 10.4 Å². The standard InChI is InChI=1S/C27H33N9O/c1-3-34-9-7-25(8-10-34)36-17-22(16-31-36)21-14-29-27(30-15-21)33-23-5-4-20(13-28)26(12-23)32-24-6-11-35(18-24)19(2)37/h4-5,12,14-17,24-25,32H,3,6-11,18H2,1-2H3,(H,29,30,33)/t24-/m1/s1. The van der Waals surface area contributed by atoms with E-state index in [1.54, 1.807) is 25.4 Å². The molecule has 0 aliphatic carbocycles. The second-order valence-corrected chi connectivity index (χ2v) is 9.76. The summed E-state index contributed by atoms with van der Waals surface area (Å²) in [6.45, 7) is 8.49. The van der Waals surface area contributed by atoms with Gasteiger partial charge in [0.1, 0.15) is 6.07 Å². The van der Waals surface area contributed by atoms with E-state index in [4.69, 9.17) is 0 Å². The second kappa shape index (κ2) is 11.0. The quantitative estimate of drug-likeness (QED) is 0.506. The van der Waals surface area contributed by atoms with Gasteiger partial charge in [-0.05, 0) is 44.0 Å². The van der Waals surface area contributed by atoms with E-state index >= 15 is 0 Å². The van der Waals surface area contributed by atoms with Crippen LogP contribution in [0.25, 0.3) is 11.1 Å². The summed E-state index contributed by atoms with van der Waals surface area (Å²) in [5, 5.41) is 20.8. The van der Waals surface area contributed by atoms with Crippen LogP contribution in [0.5, 0.6) is 0 Å². The highest BCUT2D eigenvalue weighted by molar-refractivity contribution is 5.74. The Morgan fingerprint density at radius 1 is 1.11 bits per heavy atom. The normalized spacial score (nSPS) is 18.5. The maximum absolute atomic E-state index is 11.6. The van der Waals surface area contributed by atoms with Crippen molar-refractivity contribution >= 4 is 23.2 Å². The van der Waals surface area contributed by atoms with Gasteiger partial charge in [0, 0.05) is 74.5 Å². The molecule has 2 aromatic heterocycles. The second-order valence-electron chi connectivity index (χ2n) is 9.76. The van der Waals surface area contributed by atoms with Crippen LogP contribution < -0.4 is 10.6 Å². The van der Waals surface area contributed by atoms with Crippen LogP contribution >= 0.6 is 0 Å². The van der Waals surface area contributed by atoms with Crippen LogP contribution in [0.1, 0.15) is 44.7 Å². The molecule has 2 aliphatic heterocycles. The molecule has 37 heavy (non-hydrogen) atoms. The lowest BCUT2D eigenvalue weighted by molar-refractivity contribution is -0.127. The molecule has 2 N–H and O–H groups in total. The minimum atomic E-state index is 0.0745. The minimum Gasteiger partial charge on any atom is -0.379 e. The number of nitrogens with zero attached hydrogens (tertiary/aromatic N) is 7. The number of aromatic nitrogens is 4. The molecule has 0 spiro atoms. The summed E-state index contributed by atoms with van der Waals surface area (Å²) in [5.74, 6) is 0.549. The van der Waals surface area contributed by atoms with Crippen molar-refractivity contribution in [3.05, 3.63) is 48.5 Å². The first kappa shape index (κ1) is 24.7.